The van der Waals surface area contributed by atoms with Crippen LogP contribution in [0.4, 0.5) is 0 Å². The fourth-order valence-electron chi connectivity index (χ4n) is 2.60. The molecule has 0 aliphatic carbocycles. The molecule has 18 heavy (non-hydrogen) atoms. The normalized spacial score (nSPS) is 31.1. The Hall–Kier alpha value is -1.79. The Labute approximate surface area is 102 Å². The highest BCUT2D eigenvalue weighted by Crippen LogP contribution is 2.33. The van der Waals surface area contributed by atoms with E-state index in [1.807, 2.05) is 24.3 Å². The number of ketones is 1. The summed E-state index contributed by atoms with van der Waals surface area (Å²) < 4.78 is 12.6. The highest BCUT2D eigenvalue weighted by atomic mass is 16.7. The summed E-state index contributed by atoms with van der Waals surface area (Å²) in [6.45, 7) is 0.440. The van der Waals surface area contributed by atoms with Gasteiger partial charge in [0.2, 0.25) is 6.29 Å². The van der Waals surface area contributed by atoms with Crippen LogP contribution >= 0.6 is 0 Å². The van der Waals surface area contributed by atoms with E-state index in [2.05, 4.69) is 10.3 Å². The number of rotatable bonds is 1. The summed E-state index contributed by atoms with van der Waals surface area (Å²) in [5, 5.41) is 8.26. The van der Waals surface area contributed by atoms with E-state index < -0.39 is 6.29 Å². The van der Waals surface area contributed by atoms with Gasteiger partial charge in [0.05, 0.1) is 18.2 Å². The van der Waals surface area contributed by atoms with Gasteiger partial charge in [-0.3, -0.25) is 4.79 Å². The number of para-hydroxylation sites is 1. The first kappa shape index (κ1) is 10.2. The maximum atomic E-state index is 11.8. The number of carbonyl (C=O) groups excluding carboxylic acids is 1. The Morgan fingerprint density at radius 2 is 2.22 bits per heavy atom. The van der Waals surface area contributed by atoms with Gasteiger partial charge in [0, 0.05) is 6.42 Å². The van der Waals surface area contributed by atoms with E-state index in [9.17, 15) is 4.79 Å². The van der Waals surface area contributed by atoms with Crippen LogP contribution in [-0.4, -0.2) is 39.8 Å². The van der Waals surface area contributed by atoms with E-state index in [1.165, 1.54) is 0 Å². The zero-order chi connectivity index (χ0) is 12.1. The maximum Gasteiger partial charge on any atom is 0.218 e. The quantitative estimate of drug-likeness (QED) is 0.739. The maximum absolute atomic E-state index is 11.8. The molecule has 4 rings (SSSR count). The number of carbonyl (C=O) groups is 1. The van der Waals surface area contributed by atoms with Crippen LogP contribution in [0, 0.1) is 0 Å². The minimum atomic E-state index is -0.666. The van der Waals surface area contributed by atoms with Gasteiger partial charge in [-0.05, 0) is 12.1 Å². The van der Waals surface area contributed by atoms with Crippen molar-refractivity contribution in [3.8, 4) is 0 Å². The minimum Gasteiger partial charge on any atom is -0.343 e. The molecule has 0 radical (unpaired) electrons. The second-order valence-electron chi connectivity index (χ2n) is 4.60. The standard InChI is InChI=1S/C12H11N3O3/c16-10-5-9(11-6-17-12(10)18-11)15-8-4-2-1-3-7(8)13-14-15/h1-4,9,11-12H,5-6H2/t9-,11+,12+/m0/s1. The Kier molecular flexibility index (Phi) is 2.03. The zero-order valence-corrected chi connectivity index (χ0v) is 9.52. The summed E-state index contributed by atoms with van der Waals surface area (Å²) in [5.41, 5.74) is 1.75. The molecule has 1 aromatic carbocycles. The van der Waals surface area contributed by atoms with Crippen molar-refractivity contribution >= 4 is 16.8 Å². The lowest BCUT2D eigenvalue weighted by molar-refractivity contribution is -0.156. The Bertz CT molecular complexity index is 624. The van der Waals surface area contributed by atoms with Gasteiger partial charge in [0.15, 0.2) is 5.78 Å². The predicted octanol–water partition coefficient (Wildman–Crippen LogP) is 0.687. The molecule has 0 amide bonds. The van der Waals surface area contributed by atoms with Crippen LogP contribution in [0.25, 0.3) is 11.0 Å². The lowest BCUT2D eigenvalue weighted by Gasteiger charge is -2.26. The van der Waals surface area contributed by atoms with Crippen molar-refractivity contribution in [3.05, 3.63) is 24.3 Å². The number of fused-ring (bicyclic) bond motifs is 3. The highest BCUT2D eigenvalue weighted by molar-refractivity contribution is 5.84. The second-order valence-corrected chi connectivity index (χ2v) is 4.60. The fraction of sp³-hybridized carbons (Fsp3) is 0.417. The van der Waals surface area contributed by atoms with Gasteiger partial charge in [0.1, 0.15) is 11.6 Å². The Morgan fingerprint density at radius 3 is 3.17 bits per heavy atom. The number of ether oxygens (including phenoxy) is 2. The van der Waals surface area contributed by atoms with Crippen molar-refractivity contribution in [1.29, 1.82) is 0 Å². The number of hydrogen-bond donors (Lipinski definition) is 0. The molecule has 2 fully saturated rings. The van der Waals surface area contributed by atoms with E-state index in [1.54, 1.807) is 4.68 Å². The number of Topliss-reactive ketones (excluding diaryl/α,β-unsaturated/α-hetero) is 1. The first-order valence-electron chi connectivity index (χ1n) is 5.92. The van der Waals surface area contributed by atoms with Crippen molar-refractivity contribution in [2.75, 3.05) is 6.61 Å². The molecular weight excluding hydrogens is 234 g/mol. The summed E-state index contributed by atoms with van der Waals surface area (Å²) in [5.74, 6) is -0.0201. The summed E-state index contributed by atoms with van der Waals surface area (Å²) >= 11 is 0. The van der Waals surface area contributed by atoms with Crippen molar-refractivity contribution in [1.82, 2.24) is 15.0 Å². The van der Waals surface area contributed by atoms with Crippen LogP contribution in [0.1, 0.15) is 12.5 Å². The van der Waals surface area contributed by atoms with E-state index in [-0.39, 0.29) is 17.9 Å². The van der Waals surface area contributed by atoms with E-state index in [4.69, 9.17) is 9.47 Å². The summed E-state index contributed by atoms with van der Waals surface area (Å²) in [7, 11) is 0. The van der Waals surface area contributed by atoms with Gasteiger partial charge in [-0.1, -0.05) is 17.3 Å². The van der Waals surface area contributed by atoms with Gasteiger partial charge < -0.3 is 9.47 Å². The van der Waals surface area contributed by atoms with Gasteiger partial charge in [-0.2, -0.15) is 0 Å². The lowest BCUT2D eigenvalue weighted by atomic mass is 10.0. The largest absolute Gasteiger partial charge is 0.343 e. The molecule has 2 aromatic rings. The summed E-state index contributed by atoms with van der Waals surface area (Å²) in [6, 6.07) is 7.57. The summed E-state index contributed by atoms with van der Waals surface area (Å²) in [6.07, 6.45) is -0.387. The van der Waals surface area contributed by atoms with Crippen LogP contribution in [-0.2, 0) is 14.3 Å². The molecule has 1 aromatic heterocycles. The first-order valence-corrected chi connectivity index (χ1v) is 5.92. The molecular formula is C12H11N3O3. The highest BCUT2D eigenvalue weighted by Gasteiger charge is 2.44. The van der Waals surface area contributed by atoms with Gasteiger partial charge in [-0.15, -0.1) is 5.10 Å². The molecule has 2 saturated heterocycles. The predicted molar refractivity (Wildman–Crippen MR) is 60.8 cm³/mol. The third-order valence-corrected chi connectivity index (χ3v) is 3.50. The molecule has 92 valence electrons. The Morgan fingerprint density at radius 1 is 1.33 bits per heavy atom. The van der Waals surface area contributed by atoms with Crippen molar-refractivity contribution in [2.24, 2.45) is 0 Å². The summed E-state index contributed by atoms with van der Waals surface area (Å²) in [4.78, 5) is 11.8. The van der Waals surface area contributed by atoms with Crippen molar-refractivity contribution < 1.29 is 14.3 Å². The average molecular weight is 245 g/mol. The van der Waals surface area contributed by atoms with Gasteiger partial charge in [-0.25, -0.2) is 4.68 Å². The first-order chi connectivity index (χ1) is 8.83. The molecule has 0 saturated carbocycles. The van der Waals surface area contributed by atoms with Crippen LogP contribution in [0.15, 0.2) is 24.3 Å². The number of benzene rings is 1. The fourth-order valence-corrected chi connectivity index (χ4v) is 2.60. The third kappa shape index (κ3) is 1.33. The molecule has 0 spiro atoms. The van der Waals surface area contributed by atoms with E-state index in [0.717, 1.165) is 11.0 Å². The molecule has 6 nitrogen and oxygen atoms in total. The Balaban J connectivity index is 1.80. The van der Waals surface area contributed by atoms with Crippen LogP contribution < -0.4 is 0 Å². The van der Waals surface area contributed by atoms with Gasteiger partial charge >= 0.3 is 0 Å². The topological polar surface area (TPSA) is 66.2 Å². The second kappa shape index (κ2) is 3.60. The van der Waals surface area contributed by atoms with Crippen molar-refractivity contribution in [3.63, 3.8) is 0 Å². The number of nitrogens with zero attached hydrogens (tertiary/aromatic N) is 3. The molecule has 2 aliphatic heterocycles. The minimum absolute atomic E-state index is 0.0201. The van der Waals surface area contributed by atoms with Crippen LogP contribution in [0.2, 0.25) is 0 Å². The van der Waals surface area contributed by atoms with Gasteiger partial charge in [0.25, 0.3) is 0 Å². The lowest BCUT2D eigenvalue weighted by Crippen LogP contribution is -2.37. The molecule has 2 aliphatic rings. The number of aromatic nitrogens is 3. The monoisotopic (exact) mass is 245 g/mol. The molecule has 3 heterocycles. The third-order valence-electron chi connectivity index (χ3n) is 3.50. The van der Waals surface area contributed by atoms with Crippen LogP contribution in [0.3, 0.4) is 0 Å². The van der Waals surface area contributed by atoms with Crippen LogP contribution in [0.5, 0.6) is 0 Å². The smallest absolute Gasteiger partial charge is 0.218 e. The van der Waals surface area contributed by atoms with Crippen molar-refractivity contribution in [2.45, 2.75) is 24.9 Å². The molecule has 0 N–H and O–H groups in total. The molecule has 6 heteroatoms. The molecule has 0 unspecified atom stereocenters. The van der Waals surface area contributed by atoms with E-state index in [0.29, 0.717) is 13.0 Å². The molecule has 2 bridgehead atoms. The van der Waals surface area contributed by atoms with E-state index >= 15 is 0 Å². The zero-order valence-electron chi connectivity index (χ0n) is 9.52. The number of hydrogen-bond acceptors (Lipinski definition) is 5. The average Bonchev–Trinajstić information content (AvgIpc) is 3.00. The SMILES string of the molecule is O=C1C[C@H](n2nnc3ccccc32)[C@H]2CO[C@@H]1O2. The molecule has 3 atom stereocenters.